The number of carbonyl (C=O) groups excluding carboxylic acids is 1. The van der Waals surface area contributed by atoms with Crippen LogP contribution in [-0.4, -0.2) is 66.2 Å². The van der Waals surface area contributed by atoms with Gasteiger partial charge < -0.3 is 15.4 Å². The molecule has 0 spiro atoms. The van der Waals surface area contributed by atoms with E-state index in [4.69, 9.17) is 10.5 Å². The Balaban J connectivity index is 2.27. The van der Waals surface area contributed by atoms with Gasteiger partial charge >= 0.3 is 0 Å². The van der Waals surface area contributed by atoms with Gasteiger partial charge in [-0.3, -0.25) is 9.69 Å². The van der Waals surface area contributed by atoms with Gasteiger partial charge in [0.25, 0.3) is 0 Å². The summed E-state index contributed by atoms with van der Waals surface area (Å²) in [6, 6.07) is 0.726. The van der Waals surface area contributed by atoms with Crippen molar-refractivity contribution in [2.45, 2.75) is 71.6 Å². The average molecular weight is 313 g/mol. The van der Waals surface area contributed by atoms with Crippen molar-refractivity contribution in [2.75, 3.05) is 32.8 Å². The van der Waals surface area contributed by atoms with Gasteiger partial charge in [0.2, 0.25) is 5.91 Å². The van der Waals surface area contributed by atoms with E-state index >= 15 is 0 Å². The van der Waals surface area contributed by atoms with Crippen molar-refractivity contribution in [2.24, 2.45) is 5.73 Å². The molecule has 1 fully saturated rings. The first-order valence-corrected chi connectivity index (χ1v) is 8.62. The number of rotatable bonds is 8. The number of ether oxygens (including phenoxy) is 1. The summed E-state index contributed by atoms with van der Waals surface area (Å²) in [5, 5.41) is 0. The molecular weight excluding hydrogens is 278 g/mol. The van der Waals surface area contributed by atoms with Gasteiger partial charge in [-0.2, -0.15) is 0 Å². The molecule has 130 valence electrons. The van der Waals surface area contributed by atoms with Crippen molar-refractivity contribution in [3.05, 3.63) is 0 Å². The van der Waals surface area contributed by atoms with Gasteiger partial charge in [0, 0.05) is 51.3 Å². The van der Waals surface area contributed by atoms with Crippen LogP contribution in [0.4, 0.5) is 0 Å². The highest BCUT2D eigenvalue weighted by molar-refractivity contribution is 5.76. The normalized spacial score (nSPS) is 18.8. The number of hydrogen-bond donors (Lipinski definition) is 1. The van der Waals surface area contributed by atoms with Gasteiger partial charge in [0.05, 0.1) is 5.60 Å². The third-order valence-electron chi connectivity index (χ3n) is 4.40. The Morgan fingerprint density at radius 2 is 1.77 bits per heavy atom. The lowest BCUT2D eigenvalue weighted by atomic mass is 10.0. The molecule has 5 heteroatoms. The Bertz CT molecular complexity index is 335. The van der Waals surface area contributed by atoms with E-state index in [0.717, 1.165) is 39.0 Å². The Morgan fingerprint density at radius 1 is 1.18 bits per heavy atom. The molecular formula is C17H35N3O2. The lowest BCUT2D eigenvalue weighted by molar-refractivity contribution is -0.135. The predicted octanol–water partition coefficient (Wildman–Crippen LogP) is 1.85. The van der Waals surface area contributed by atoms with Crippen LogP contribution >= 0.6 is 0 Å². The number of piperazine rings is 1. The van der Waals surface area contributed by atoms with Crippen molar-refractivity contribution < 1.29 is 9.53 Å². The van der Waals surface area contributed by atoms with Crippen molar-refractivity contribution >= 4 is 5.91 Å². The van der Waals surface area contributed by atoms with Crippen molar-refractivity contribution in [3.8, 4) is 0 Å². The van der Waals surface area contributed by atoms with E-state index < -0.39 is 0 Å². The lowest BCUT2D eigenvalue weighted by Gasteiger charge is -2.37. The molecule has 1 rings (SSSR count). The maximum atomic E-state index is 12.3. The Hall–Kier alpha value is -0.650. The zero-order valence-corrected chi connectivity index (χ0v) is 15.1. The molecule has 5 nitrogen and oxygen atoms in total. The Kier molecular flexibility index (Phi) is 7.80. The van der Waals surface area contributed by atoms with Crippen LogP contribution < -0.4 is 5.73 Å². The van der Waals surface area contributed by atoms with Crippen LogP contribution in [0.5, 0.6) is 0 Å². The number of nitrogens with two attached hydrogens (primary N) is 1. The van der Waals surface area contributed by atoms with Crippen molar-refractivity contribution in [3.63, 3.8) is 0 Å². The van der Waals surface area contributed by atoms with Gasteiger partial charge in [-0.15, -0.1) is 0 Å². The number of hydrogen-bond acceptors (Lipinski definition) is 4. The van der Waals surface area contributed by atoms with E-state index in [9.17, 15) is 4.79 Å². The average Bonchev–Trinajstić information content (AvgIpc) is 2.44. The van der Waals surface area contributed by atoms with Crippen LogP contribution in [0.1, 0.15) is 53.9 Å². The van der Waals surface area contributed by atoms with Crippen LogP contribution in [0.15, 0.2) is 0 Å². The maximum absolute atomic E-state index is 12.3. The minimum absolute atomic E-state index is 0.162. The zero-order chi connectivity index (χ0) is 16.8. The number of nitrogens with zero attached hydrogens (tertiary/aromatic N) is 2. The van der Waals surface area contributed by atoms with Gasteiger partial charge in [0.15, 0.2) is 0 Å². The molecule has 1 amide bonds. The predicted molar refractivity (Wildman–Crippen MR) is 90.8 cm³/mol. The fourth-order valence-electron chi connectivity index (χ4n) is 2.65. The summed E-state index contributed by atoms with van der Waals surface area (Å²) in [5.41, 5.74) is 5.47. The van der Waals surface area contributed by atoms with Crippen LogP contribution in [0.3, 0.4) is 0 Å². The van der Waals surface area contributed by atoms with Crippen LogP contribution in [0.2, 0.25) is 0 Å². The molecule has 1 saturated heterocycles. The highest BCUT2D eigenvalue weighted by Gasteiger charge is 2.25. The number of carbonyl (C=O) groups is 1. The van der Waals surface area contributed by atoms with E-state index in [1.54, 1.807) is 0 Å². The van der Waals surface area contributed by atoms with Gasteiger partial charge in [0.1, 0.15) is 0 Å². The molecule has 1 aliphatic heterocycles. The van der Waals surface area contributed by atoms with Crippen molar-refractivity contribution in [1.29, 1.82) is 0 Å². The molecule has 0 aromatic rings. The molecule has 1 aliphatic rings. The first-order chi connectivity index (χ1) is 10.2. The summed E-state index contributed by atoms with van der Waals surface area (Å²) in [4.78, 5) is 16.8. The fourth-order valence-corrected chi connectivity index (χ4v) is 2.65. The third-order valence-corrected chi connectivity index (χ3v) is 4.40. The molecule has 2 N–H and O–H groups in total. The minimum Gasteiger partial charge on any atom is -0.376 e. The molecule has 0 saturated carbocycles. The van der Waals surface area contributed by atoms with E-state index in [0.29, 0.717) is 19.1 Å². The summed E-state index contributed by atoms with van der Waals surface area (Å²) >= 11 is 0. The smallest absolute Gasteiger partial charge is 0.222 e. The Labute approximate surface area is 136 Å². The summed E-state index contributed by atoms with van der Waals surface area (Å²) in [7, 11) is 0. The maximum Gasteiger partial charge on any atom is 0.222 e. The lowest BCUT2D eigenvalue weighted by Crippen LogP contribution is -2.50. The van der Waals surface area contributed by atoms with Crippen LogP contribution in [0, 0.1) is 0 Å². The topological polar surface area (TPSA) is 58.8 Å². The zero-order valence-electron chi connectivity index (χ0n) is 15.1. The quantitative estimate of drug-likeness (QED) is 0.743. The van der Waals surface area contributed by atoms with E-state index in [-0.39, 0.29) is 17.6 Å². The summed E-state index contributed by atoms with van der Waals surface area (Å²) in [6.45, 7) is 14.8. The van der Waals surface area contributed by atoms with Crippen LogP contribution in [0.25, 0.3) is 0 Å². The van der Waals surface area contributed by atoms with Gasteiger partial charge in [-0.1, -0.05) is 0 Å². The summed E-state index contributed by atoms with van der Waals surface area (Å²) < 4.78 is 5.87. The first kappa shape index (κ1) is 19.4. The standard InChI is InChI=1S/C17H35N3O2/c1-14(2)19-9-11-20(12-10-19)16(21)6-8-17(4,5)22-13-7-15(3)18/h14-15H,6-13,18H2,1-5H3. The molecule has 1 heterocycles. The van der Waals surface area contributed by atoms with Gasteiger partial charge in [-0.05, 0) is 47.5 Å². The molecule has 22 heavy (non-hydrogen) atoms. The van der Waals surface area contributed by atoms with Gasteiger partial charge in [-0.25, -0.2) is 0 Å². The van der Waals surface area contributed by atoms with E-state index in [1.165, 1.54) is 0 Å². The van der Waals surface area contributed by atoms with Crippen LogP contribution in [-0.2, 0) is 9.53 Å². The molecule has 1 unspecified atom stereocenters. The second-order valence-corrected chi connectivity index (χ2v) is 7.38. The largest absolute Gasteiger partial charge is 0.376 e. The second kappa shape index (κ2) is 8.85. The summed E-state index contributed by atoms with van der Waals surface area (Å²) in [6.07, 6.45) is 2.18. The first-order valence-electron chi connectivity index (χ1n) is 8.62. The molecule has 0 radical (unpaired) electrons. The molecule has 0 aliphatic carbocycles. The number of amides is 1. The minimum atomic E-state index is -0.260. The van der Waals surface area contributed by atoms with Crippen molar-refractivity contribution in [1.82, 2.24) is 9.80 Å². The highest BCUT2D eigenvalue weighted by Crippen LogP contribution is 2.18. The van der Waals surface area contributed by atoms with E-state index in [1.807, 2.05) is 11.8 Å². The molecule has 0 bridgehead atoms. The molecule has 0 aromatic heterocycles. The Morgan fingerprint density at radius 3 is 2.27 bits per heavy atom. The second-order valence-electron chi connectivity index (χ2n) is 7.38. The highest BCUT2D eigenvalue weighted by atomic mass is 16.5. The van der Waals surface area contributed by atoms with E-state index in [2.05, 4.69) is 32.6 Å². The third kappa shape index (κ3) is 7.07. The fraction of sp³-hybridized carbons (Fsp3) is 0.941. The molecule has 1 atom stereocenters. The molecule has 0 aromatic carbocycles. The monoisotopic (exact) mass is 313 g/mol. The summed E-state index contributed by atoms with van der Waals surface area (Å²) in [5.74, 6) is 0.257. The SMILES string of the molecule is CC(N)CCOC(C)(C)CCC(=O)N1CCN(C(C)C)CC1.